The summed E-state index contributed by atoms with van der Waals surface area (Å²) in [6.07, 6.45) is 1.12. The molecule has 2 aliphatic rings. The van der Waals surface area contributed by atoms with Crippen LogP contribution in [-0.2, 0) is 16.0 Å². The van der Waals surface area contributed by atoms with Gasteiger partial charge in [-0.15, -0.1) is 0 Å². The van der Waals surface area contributed by atoms with E-state index < -0.39 is 5.97 Å². The summed E-state index contributed by atoms with van der Waals surface area (Å²) >= 11 is 0. The number of methoxy groups -OCH3 is 1. The number of carbonyl (C=O) groups is 2. The number of benzene rings is 2. The van der Waals surface area contributed by atoms with Crippen LogP contribution >= 0.6 is 0 Å². The van der Waals surface area contributed by atoms with E-state index in [0.717, 1.165) is 45.6 Å². The minimum Gasteiger partial charge on any atom is -0.868 e. The van der Waals surface area contributed by atoms with Gasteiger partial charge in [-0.3, -0.25) is 9.69 Å². The maximum Gasteiger partial charge on any atom is 0.338 e. The maximum absolute atomic E-state index is 13.8. The second kappa shape index (κ2) is 6.85. The monoisotopic (exact) mass is 402 g/mol. The van der Waals surface area contributed by atoms with Crippen LogP contribution in [0.1, 0.15) is 52.1 Å². The van der Waals surface area contributed by atoms with Crippen LogP contribution in [0.2, 0.25) is 0 Å². The maximum atomic E-state index is 13.8. The quantitative estimate of drug-likeness (QED) is 0.652. The number of nitrogens with one attached hydrogen (secondary N) is 2. The number of quaternary nitrogens is 1. The highest BCUT2D eigenvalue weighted by Crippen LogP contribution is 2.38. The summed E-state index contributed by atoms with van der Waals surface area (Å²) < 4.78 is 4.94. The number of aromatic nitrogens is 1. The highest BCUT2D eigenvalue weighted by Gasteiger charge is 2.41. The molecule has 2 N–H and O–H groups in total. The predicted molar refractivity (Wildman–Crippen MR) is 110 cm³/mol. The molecule has 2 aromatic carbocycles. The molecular weight excluding hydrogens is 380 g/mol. The number of fused-ring (bicyclic) bond motifs is 6. The van der Waals surface area contributed by atoms with Crippen molar-refractivity contribution in [1.82, 2.24) is 4.98 Å². The van der Waals surface area contributed by atoms with E-state index in [1.54, 1.807) is 19.1 Å². The minimum absolute atomic E-state index is 0.0538. The van der Waals surface area contributed by atoms with Crippen LogP contribution < -0.4 is 10.0 Å². The summed E-state index contributed by atoms with van der Waals surface area (Å²) in [7, 11) is 1.31. The third-order valence-corrected chi connectivity index (χ3v) is 6.27. The number of ether oxygens (including phenoxy) is 1. The third-order valence-electron chi connectivity index (χ3n) is 6.27. The predicted octanol–water partition coefficient (Wildman–Crippen LogP) is 1.62. The summed E-state index contributed by atoms with van der Waals surface area (Å²) in [6.45, 7) is 2.29. The molecule has 2 unspecified atom stereocenters. The Morgan fingerprint density at radius 1 is 1.20 bits per heavy atom. The number of hydrogen-bond donors (Lipinski definition) is 2. The van der Waals surface area contributed by atoms with Gasteiger partial charge in [0, 0.05) is 22.9 Å². The van der Waals surface area contributed by atoms with E-state index in [1.807, 2.05) is 24.3 Å². The largest absolute Gasteiger partial charge is 0.868 e. The Morgan fingerprint density at radius 3 is 2.77 bits per heavy atom. The Balaban J connectivity index is 1.82. The first-order valence-corrected chi connectivity index (χ1v) is 10.1. The van der Waals surface area contributed by atoms with Gasteiger partial charge in [0.25, 0.3) is 0 Å². The zero-order valence-electron chi connectivity index (χ0n) is 16.9. The average Bonchev–Trinajstić information content (AvgIpc) is 3.13. The van der Waals surface area contributed by atoms with Crippen LogP contribution in [0.3, 0.4) is 0 Å². The summed E-state index contributed by atoms with van der Waals surface area (Å²) in [6, 6.07) is 13.0. The van der Waals surface area contributed by atoms with Crippen molar-refractivity contribution in [3.63, 3.8) is 0 Å². The van der Waals surface area contributed by atoms with Crippen molar-refractivity contribution < 1.29 is 24.3 Å². The standard InChI is InChI=1S/C24H22N2O4/c1-13(27)12-19-16-7-5-8-17(24(29)30-2)20(16)23(28)22-21-15(10-11-26(19)22)14-6-3-4-9-18(14)25-21/h3-9,19,25,28H,10-12H2,1-2H3. The first-order chi connectivity index (χ1) is 14.5. The molecule has 0 amide bonds. The Kier molecular flexibility index (Phi) is 4.25. The molecule has 0 radical (unpaired) electrons. The molecule has 5 rings (SSSR count). The number of carbonyl (C=O) groups excluding carboxylic acids is 2. The molecule has 2 atom stereocenters. The molecule has 0 saturated carbocycles. The SMILES string of the molecule is COC(=O)c1cccc2c1C([O-])=C1c3[nH]c4ccccc4c3CC[NH+]1C2CC(C)=O. The third kappa shape index (κ3) is 2.60. The van der Waals surface area contributed by atoms with Crippen LogP contribution in [0, 0.1) is 0 Å². The smallest absolute Gasteiger partial charge is 0.338 e. The summed E-state index contributed by atoms with van der Waals surface area (Å²) in [5.41, 5.74) is 4.90. The van der Waals surface area contributed by atoms with E-state index in [4.69, 9.17) is 4.74 Å². The Bertz CT molecular complexity index is 1240. The number of H-pyrrole nitrogens is 1. The molecule has 0 aliphatic carbocycles. The van der Waals surface area contributed by atoms with E-state index in [9.17, 15) is 14.7 Å². The van der Waals surface area contributed by atoms with Crippen molar-refractivity contribution in [1.29, 1.82) is 0 Å². The van der Waals surface area contributed by atoms with Gasteiger partial charge in [0.2, 0.25) is 0 Å². The van der Waals surface area contributed by atoms with Gasteiger partial charge in [-0.2, -0.15) is 0 Å². The molecular formula is C24H22N2O4. The summed E-state index contributed by atoms with van der Waals surface area (Å²) in [5.74, 6) is -0.662. The van der Waals surface area contributed by atoms with Crippen molar-refractivity contribution in [2.75, 3.05) is 13.7 Å². The molecule has 152 valence electrons. The van der Waals surface area contributed by atoms with E-state index >= 15 is 0 Å². The van der Waals surface area contributed by atoms with Crippen molar-refractivity contribution >= 4 is 34.1 Å². The summed E-state index contributed by atoms with van der Waals surface area (Å²) in [4.78, 5) is 29.0. The lowest BCUT2D eigenvalue weighted by molar-refractivity contribution is -0.862. The molecule has 1 aromatic heterocycles. The van der Waals surface area contributed by atoms with Crippen molar-refractivity contribution in [2.24, 2.45) is 0 Å². The molecule has 0 spiro atoms. The molecule has 30 heavy (non-hydrogen) atoms. The lowest BCUT2D eigenvalue weighted by atomic mass is 9.84. The zero-order valence-corrected chi connectivity index (χ0v) is 16.9. The number of Topliss-reactive ketones (excluding diaryl/α,β-unsaturated/α-hetero) is 1. The van der Waals surface area contributed by atoms with Crippen molar-refractivity contribution in [2.45, 2.75) is 25.8 Å². The molecule has 3 heterocycles. The number of ketones is 1. The molecule has 6 heteroatoms. The van der Waals surface area contributed by atoms with Gasteiger partial charge in [-0.05, 0) is 35.9 Å². The first-order valence-electron chi connectivity index (χ1n) is 10.1. The highest BCUT2D eigenvalue weighted by molar-refractivity contribution is 6.00. The highest BCUT2D eigenvalue weighted by atomic mass is 16.5. The van der Waals surface area contributed by atoms with E-state index in [0.29, 0.717) is 17.7 Å². The topological polar surface area (TPSA) is 86.7 Å². The van der Waals surface area contributed by atoms with E-state index in [-0.39, 0.29) is 23.1 Å². The fourth-order valence-corrected chi connectivity index (χ4v) is 5.05. The number of esters is 1. The molecule has 0 saturated heterocycles. The van der Waals surface area contributed by atoms with E-state index in [1.165, 1.54) is 7.11 Å². The van der Waals surface area contributed by atoms with Crippen LogP contribution in [0.25, 0.3) is 22.4 Å². The Hall–Kier alpha value is -3.38. The minimum atomic E-state index is -0.543. The fourth-order valence-electron chi connectivity index (χ4n) is 5.05. The first kappa shape index (κ1) is 18.6. The van der Waals surface area contributed by atoms with Crippen LogP contribution in [0.5, 0.6) is 0 Å². The Morgan fingerprint density at radius 2 is 2.00 bits per heavy atom. The lowest BCUT2D eigenvalue weighted by Gasteiger charge is -2.41. The molecule has 6 nitrogen and oxygen atoms in total. The van der Waals surface area contributed by atoms with Gasteiger partial charge in [0.15, 0.2) is 0 Å². The molecule has 0 bridgehead atoms. The molecule has 0 fully saturated rings. The van der Waals surface area contributed by atoms with Gasteiger partial charge < -0.3 is 14.8 Å². The van der Waals surface area contributed by atoms with E-state index in [2.05, 4.69) is 11.1 Å². The van der Waals surface area contributed by atoms with Gasteiger partial charge in [0.1, 0.15) is 23.2 Å². The van der Waals surface area contributed by atoms with Gasteiger partial charge in [0.05, 0.1) is 25.6 Å². The number of aromatic amines is 1. The van der Waals surface area contributed by atoms with Gasteiger partial charge in [-0.25, -0.2) is 4.79 Å². The Labute approximate surface area is 173 Å². The van der Waals surface area contributed by atoms with Gasteiger partial charge in [-0.1, -0.05) is 30.3 Å². The number of hydrogen-bond acceptors (Lipinski definition) is 4. The molecule has 2 aliphatic heterocycles. The van der Waals surface area contributed by atoms with Crippen LogP contribution in [0.4, 0.5) is 0 Å². The van der Waals surface area contributed by atoms with Crippen molar-refractivity contribution in [3.05, 3.63) is 70.4 Å². The second-order valence-corrected chi connectivity index (χ2v) is 7.97. The van der Waals surface area contributed by atoms with Crippen LogP contribution in [0.15, 0.2) is 42.5 Å². The fraction of sp³-hybridized carbons (Fsp3) is 0.250. The number of rotatable bonds is 3. The lowest BCUT2D eigenvalue weighted by Crippen LogP contribution is -3.11. The van der Waals surface area contributed by atoms with Gasteiger partial charge >= 0.3 is 5.97 Å². The normalized spacial score (nSPS) is 19.8. The average molecular weight is 402 g/mol. The van der Waals surface area contributed by atoms with Crippen LogP contribution in [-0.4, -0.2) is 30.4 Å². The second-order valence-electron chi connectivity index (χ2n) is 7.97. The zero-order chi connectivity index (χ0) is 21.0. The van der Waals surface area contributed by atoms with Crippen molar-refractivity contribution in [3.8, 4) is 0 Å². The summed E-state index contributed by atoms with van der Waals surface area (Å²) in [5, 5.41) is 14.9. The molecule has 3 aromatic rings. The number of para-hydroxylation sites is 1.